The quantitative estimate of drug-likeness (QED) is 0.763. The highest BCUT2D eigenvalue weighted by Crippen LogP contribution is 2.19. The molecule has 1 aliphatic heterocycles. The fourth-order valence-electron chi connectivity index (χ4n) is 3.67. The Morgan fingerprint density at radius 1 is 0.900 bits per heavy atom. The van der Waals surface area contributed by atoms with Crippen molar-refractivity contribution in [3.05, 3.63) is 59.2 Å². The Morgan fingerprint density at radius 3 is 2.20 bits per heavy atom. The summed E-state index contributed by atoms with van der Waals surface area (Å²) in [5.74, 6) is 0.909. The number of anilines is 1. The lowest BCUT2D eigenvalue weighted by atomic mass is 10.1. The predicted molar refractivity (Wildman–Crippen MR) is 119 cm³/mol. The van der Waals surface area contributed by atoms with Gasteiger partial charge in [0.1, 0.15) is 5.75 Å². The normalized spacial score (nSPS) is 14.4. The minimum absolute atomic E-state index is 0.0150. The van der Waals surface area contributed by atoms with Gasteiger partial charge in [0.15, 0.2) is 0 Å². The molecule has 160 valence electrons. The number of nitrogens with one attached hydrogen (secondary N) is 1. The van der Waals surface area contributed by atoms with Crippen molar-refractivity contribution in [1.29, 1.82) is 0 Å². The van der Waals surface area contributed by atoms with E-state index in [2.05, 4.69) is 10.2 Å². The van der Waals surface area contributed by atoms with E-state index in [-0.39, 0.29) is 11.8 Å². The second kappa shape index (κ2) is 10.3. The van der Waals surface area contributed by atoms with Gasteiger partial charge in [0.05, 0.1) is 19.6 Å². The Balaban J connectivity index is 1.39. The topological polar surface area (TPSA) is 61.9 Å². The van der Waals surface area contributed by atoms with Gasteiger partial charge in [0.2, 0.25) is 11.8 Å². The molecule has 0 atom stereocenters. The highest BCUT2D eigenvalue weighted by Gasteiger charge is 2.22. The van der Waals surface area contributed by atoms with Gasteiger partial charge in [-0.05, 0) is 43.5 Å². The molecule has 3 rings (SSSR count). The molecule has 0 aliphatic carbocycles. The van der Waals surface area contributed by atoms with E-state index in [1.54, 1.807) is 0 Å². The van der Waals surface area contributed by atoms with Crippen LogP contribution in [0.4, 0.5) is 5.69 Å². The van der Waals surface area contributed by atoms with Crippen LogP contribution in [0.2, 0.25) is 0 Å². The van der Waals surface area contributed by atoms with Gasteiger partial charge in [-0.3, -0.25) is 14.5 Å². The van der Waals surface area contributed by atoms with Crippen LogP contribution in [-0.4, -0.2) is 60.9 Å². The van der Waals surface area contributed by atoms with Crippen LogP contribution in [0.25, 0.3) is 0 Å². The number of amides is 2. The molecule has 6 nitrogen and oxygen atoms in total. The standard InChI is InChI=1S/C24H31N3O3/c1-18-7-4-5-10-21(18)30-16-11-23(29)27-14-12-26(13-15-27)17-22(28)25-24-19(2)8-6-9-20(24)3/h4-10H,11-17H2,1-3H3,(H,25,28). The molecule has 1 heterocycles. The van der Waals surface area contributed by atoms with Crippen LogP contribution in [-0.2, 0) is 9.59 Å². The van der Waals surface area contributed by atoms with Gasteiger partial charge in [-0.15, -0.1) is 0 Å². The third-order valence-electron chi connectivity index (χ3n) is 5.50. The van der Waals surface area contributed by atoms with Crippen molar-refractivity contribution in [3.63, 3.8) is 0 Å². The molecule has 0 radical (unpaired) electrons. The lowest BCUT2D eigenvalue weighted by Gasteiger charge is -2.34. The molecule has 6 heteroatoms. The number of aryl methyl sites for hydroxylation is 3. The molecule has 1 N–H and O–H groups in total. The minimum atomic E-state index is -0.0150. The highest BCUT2D eigenvalue weighted by atomic mass is 16.5. The maximum absolute atomic E-state index is 12.5. The fourth-order valence-corrected chi connectivity index (χ4v) is 3.67. The van der Waals surface area contributed by atoms with Crippen LogP contribution < -0.4 is 10.1 Å². The molecule has 2 aromatic carbocycles. The Bertz CT molecular complexity index is 869. The van der Waals surface area contributed by atoms with Crippen molar-refractivity contribution in [3.8, 4) is 5.75 Å². The summed E-state index contributed by atoms with van der Waals surface area (Å²) in [5.41, 5.74) is 4.08. The number of carbonyl (C=O) groups excluding carboxylic acids is 2. The van der Waals surface area contributed by atoms with E-state index in [0.717, 1.165) is 28.1 Å². The summed E-state index contributed by atoms with van der Waals surface area (Å²) in [6, 6.07) is 13.8. The second-order valence-electron chi connectivity index (χ2n) is 7.84. The summed E-state index contributed by atoms with van der Waals surface area (Å²) >= 11 is 0. The number of hydrogen-bond donors (Lipinski definition) is 1. The molecule has 1 fully saturated rings. The van der Waals surface area contributed by atoms with Gasteiger partial charge in [-0.2, -0.15) is 0 Å². The number of piperazine rings is 1. The Morgan fingerprint density at radius 2 is 1.53 bits per heavy atom. The van der Waals surface area contributed by atoms with Crippen molar-refractivity contribution in [1.82, 2.24) is 9.80 Å². The molecule has 1 aliphatic rings. The summed E-state index contributed by atoms with van der Waals surface area (Å²) < 4.78 is 5.74. The van der Waals surface area contributed by atoms with E-state index >= 15 is 0 Å². The minimum Gasteiger partial charge on any atom is -0.493 e. The molecule has 2 aromatic rings. The SMILES string of the molecule is Cc1ccccc1OCCC(=O)N1CCN(CC(=O)Nc2c(C)cccc2C)CC1. The average Bonchev–Trinajstić information content (AvgIpc) is 2.73. The molecule has 30 heavy (non-hydrogen) atoms. The molecule has 2 amide bonds. The van der Waals surface area contributed by atoms with E-state index < -0.39 is 0 Å². The molecule has 0 saturated carbocycles. The maximum atomic E-state index is 12.5. The maximum Gasteiger partial charge on any atom is 0.238 e. The first-order valence-electron chi connectivity index (χ1n) is 10.5. The van der Waals surface area contributed by atoms with Gasteiger partial charge in [0.25, 0.3) is 0 Å². The molecule has 1 saturated heterocycles. The molecular weight excluding hydrogens is 378 g/mol. The van der Waals surface area contributed by atoms with Crippen molar-refractivity contribution >= 4 is 17.5 Å². The van der Waals surface area contributed by atoms with Crippen LogP contribution >= 0.6 is 0 Å². The van der Waals surface area contributed by atoms with Crippen LogP contribution in [0.5, 0.6) is 5.75 Å². The monoisotopic (exact) mass is 409 g/mol. The van der Waals surface area contributed by atoms with Gasteiger partial charge in [-0.1, -0.05) is 36.4 Å². The lowest BCUT2D eigenvalue weighted by Crippen LogP contribution is -2.50. The number of carbonyl (C=O) groups is 2. The molecule has 0 unspecified atom stereocenters. The summed E-state index contributed by atoms with van der Waals surface area (Å²) in [7, 11) is 0. The van der Waals surface area contributed by atoms with E-state index in [1.807, 2.05) is 68.1 Å². The summed E-state index contributed by atoms with van der Waals surface area (Å²) in [6.07, 6.45) is 0.362. The highest BCUT2D eigenvalue weighted by molar-refractivity contribution is 5.93. The fraction of sp³-hybridized carbons (Fsp3) is 0.417. The largest absolute Gasteiger partial charge is 0.493 e. The van der Waals surface area contributed by atoms with Gasteiger partial charge >= 0.3 is 0 Å². The van der Waals surface area contributed by atoms with E-state index in [1.165, 1.54) is 0 Å². The van der Waals surface area contributed by atoms with Gasteiger partial charge in [0, 0.05) is 31.9 Å². The molecule has 0 bridgehead atoms. The number of benzene rings is 2. The number of para-hydroxylation sites is 2. The average molecular weight is 410 g/mol. The Kier molecular flexibility index (Phi) is 7.46. The van der Waals surface area contributed by atoms with Gasteiger partial charge < -0.3 is 15.0 Å². The van der Waals surface area contributed by atoms with Crippen molar-refractivity contribution in [2.24, 2.45) is 0 Å². The van der Waals surface area contributed by atoms with E-state index in [9.17, 15) is 9.59 Å². The van der Waals surface area contributed by atoms with Gasteiger partial charge in [-0.25, -0.2) is 0 Å². The summed E-state index contributed by atoms with van der Waals surface area (Å²) in [6.45, 7) is 9.38. The zero-order valence-corrected chi connectivity index (χ0v) is 18.1. The van der Waals surface area contributed by atoms with Crippen molar-refractivity contribution in [2.75, 3.05) is 44.6 Å². The van der Waals surface area contributed by atoms with Crippen molar-refractivity contribution < 1.29 is 14.3 Å². The Labute approximate surface area is 178 Å². The van der Waals surface area contributed by atoms with E-state index in [4.69, 9.17) is 4.74 Å². The first-order chi connectivity index (χ1) is 14.4. The molecule has 0 spiro atoms. The van der Waals surface area contributed by atoms with E-state index in [0.29, 0.717) is 45.8 Å². The number of hydrogen-bond acceptors (Lipinski definition) is 4. The lowest BCUT2D eigenvalue weighted by molar-refractivity contribution is -0.133. The Hall–Kier alpha value is -2.86. The first kappa shape index (κ1) is 21.8. The zero-order chi connectivity index (χ0) is 21.5. The summed E-state index contributed by atoms with van der Waals surface area (Å²) in [4.78, 5) is 28.9. The molecule has 0 aromatic heterocycles. The van der Waals surface area contributed by atoms with Crippen molar-refractivity contribution in [2.45, 2.75) is 27.2 Å². The van der Waals surface area contributed by atoms with Crippen LogP contribution in [0.1, 0.15) is 23.1 Å². The summed E-state index contributed by atoms with van der Waals surface area (Å²) in [5, 5.41) is 3.03. The third-order valence-corrected chi connectivity index (χ3v) is 5.50. The van der Waals surface area contributed by atoms with Crippen LogP contribution in [0.3, 0.4) is 0 Å². The van der Waals surface area contributed by atoms with Crippen LogP contribution in [0.15, 0.2) is 42.5 Å². The number of nitrogens with zero attached hydrogens (tertiary/aromatic N) is 2. The number of rotatable bonds is 7. The predicted octanol–water partition coefficient (Wildman–Crippen LogP) is 3.16. The smallest absolute Gasteiger partial charge is 0.238 e. The first-order valence-corrected chi connectivity index (χ1v) is 10.5. The number of ether oxygens (including phenoxy) is 1. The second-order valence-corrected chi connectivity index (χ2v) is 7.84. The van der Waals surface area contributed by atoms with Crippen LogP contribution in [0, 0.1) is 20.8 Å². The third kappa shape index (κ3) is 5.83. The molecular formula is C24H31N3O3. The zero-order valence-electron chi connectivity index (χ0n) is 18.1.